The zero-order valence-corrected chi connectivity index (χ0v) is 19.1. The monoisotopic (exact) mass is 470 g/mol. The third-order valence-electron chi connectivity index (χ3n) is 6.71. The smallest absolute Gasteiger partial charge is 0.411 e. The predicted octanol–water partition coefficient (Wildman–Crippen LogP) is 4.98. The molecule has 1 aliphatic heterocycles. The molecule has 0 spiro atoms. The van der Waals surface area contributed by atoms with Gasteiger partial charge in [-0.2, -0.15) is 0 Å². The third kappa shape index (κ3) is 4.75. The number of likely N-dealkylation sites (tertiary alicyclic amines) is 1. The number of carboxylic acid groups (broad SMARTS) is 1. The summed E-state index contributed by atoms with van der Waals surface area (Å²) in [6.45, 7) is 1.32. The van der Waals surface area contributed by atoms with Crippen LogP contribution in [0.4, 0.5) is 10.5 Å². The van der Waals surface area contributed by atoms with Crippen molar-refractivity contribution < 1.29 is 24.2 Å². The lowest BCUT2D eigenvalue weighted by atomic mass is 9.94. The van der Waals surface area contributed by atoms with Crippen LogP contribution >= 0.6 is 0 Å². The Bertz CT molecular complexity index is 1240. The maximum Gasteiger partial charge on any atom is 0.411 e. The van der Waals surface area contributed by atoms with Crippen LogP contribution in [-0.4, -0.2) is 47.7 Å². The lowest BCUT2D eigenvalue weighted by Crippen LogP contribution is -2.50. The lowest BCUT2D eigenvalue weighted by molar-refractivity contribution is -0.137. The topological polar surface area (TPSA) is 95.9 Å². The number of hydrogen-bond acceptors (Lipinski definition) is 4. The number of nitrogens with zero attached hydrogens (tertiary/aromatic N) is 1. The molecule has 5 rings (SSSR count). The molecule has 3 aromatic rings. The highest BCUT2D eigenvalue weighted by molar-refractivity contribution is 5.96. The molecule has 35 heavy (non-hydrogen) atoms. The van der Waals surface area contributed by atoms with Gasteiger partial charge in [0, 0.05) is 36.7 Å². The van der Waals surface area contributed by atoms with Gasteiger partial charge in [-0.3, -0.25) is 14.9 Å². The van der Waals surface area contributed by atoms with Crippen LogP contribution in [0.25, 0.3) is 11.1 Å². The van der Waals surface area contributed by atoms with E-state index in [-0.39, 0.29) is 30.8 Å². The third-order valence-corrected chi connectivity index (χ3v) is 6.71. The minimum atomic E-state index is -0.818. The Kier molecular flexibility index (Phi) is 6.23. The van der Waals surface area contributed by atoms with Gasteiger partial charge >= 0.3 is 12.1 Å². The molecule has 1 saturated heterocycles. The average molecular weight is 471 g/mol. The van der Waals surface area contributed by atoms with Gasteiger partial charge in [-0.05, 0) is 52.8 Å². The summed E-state index contributed by atoms with van der Waals surface area (Å²) in [6.07, 6.45) is 0.114. The maximum absolute atomic E-state index is 12.7. The van der Waals surface area contributed by atoms with Gasteiger partial charge in [-0.15, -0.1) is 0 Å². The van der Waals surface area contributed by atoms with Crippen molar-refractivity contribution in [3.63, 3.8) is 0 Å². The van der Waals surface area contributed by atoms with E-state index in [1.807, 2.05) is 24.3 Å². The van der Waals surface area contributed by atoms with Crippen LogP contribution < -0.4 is 5.32 Å². The van der Waals surface area contributed by atoms with E-state index < -0.39 is 12.1 Å². The summed E-state index contributed by atoms with van der Waals surface area (Å²) < 4.78 is 5.59. The van der Waals surface area contributed by atoms with E-state index in [9.17, 15) is 14.4 Å². The van der Waals surface area contributed by atoms with Crippen LogP contribution in [0, 0.1) is 5.92 Å². The molecule has 3 aromatic carbocycles. The summed E-state index contributed by atoms with van der Waals surface area (Å²) in [5, 5.41) is 11.5. The molecule has 1 fully saturated rings. The fourth-order valence-electron chi connectivity index (χ4n) is 4.91. The number of carboxylic acids is 1. The van der Waals surface area contributed by atoms with E-state index in [1.165, 1.54) is 11.1 Å². The average Bonchev–Trinajstić information content (AvgIpc) is 3.15. The van der Waals surface area contributed by atoms with Crippen molar-refractivity contribution in [1.82, 2.24) is 4.90 Å². The molecule has 0 radical (unpaired) electrons. The number of nitrogens with one attached hydrogen (secondary N) is 1. The Hall–Kier alpha value is -4.13. The number of rotatable bonds is 7. The number of carbonyl (C=O) groups is 3. The van der Waals surface area contributed by atoms with Crippen LogP contribution in [-0.2, 0) is 9.53 Å². The molecule has 2 aliphatic rings. The number of aliphatic carboxylic acids is 1. The summed E-state index contributed by atoms with van der Waals surface area (Å²) in [5.41, 5.74) is 5.57. The fourth-order valence-corrected chi connectivity index (χ4v) is 4.91. The normalized spacial score (nSPS) is 14.6. The lowest BCUT2D eigenvalue weighted by Gasteiger charge is -2.39. The van der Waals surface area contributed by atoms with E-state index >= 15 is 0 Å². The molecule has 0 unspecified atom stereocenters. The van der Waals surface area contributed by atoms with Gasteiger partial charge in [0.05, 0.1) is 0 Å². The number of anilines is 1. The van der Waals surface area contributed by atoms with Gasteiger partial charge in [-0.25, -0.2) is 4.79 Å². The van der Waals surface area contributed by atoms with Crippen LogP contribution in [0.1, 0.15) is 40.2 Å². The van der Waals surface area contributed by atoms with Crippen molar-refractivity contribution >= 4 is 23.7 Å². The molecule has 7 heteroatoms. The molecule has 2 N–H and O–H groups in total. The van der Waals surface area contributed by atoms with Crippen LogP contribution in [0.2, 0.25) is 0 Å². The number of amides is 2. The van der Waals surface area contributed by atoms with Crippen LogP contribution in [0.5, 0.6) is 0 Å². The largest absolute Gasteiger partial charge is 0.481 e. The highest BCUT2D eigenvalue weighted by atomic mass is 16.5. The predicted molar refractivity (Wildman–Crippen MR) is 131 cm³/mol. The number of hydrogen-bond donors (Lipinski definition) is 2. The first-order valence-corrected chi connectivity index (χ1v) is 11.7. The van der Waals surface area contributed by atoms with Gasteiger partial charge in [0.1, 0.15) is 6.61 Å². The van der Waals surface area contributed by atoms with Crippen molar-refractivity contribution in [2.24, 2.45) is 5.92 Å². The van der Waals surface area contributed by atoms with Gasteiger partial charge in [0.2, 0.25) is 0 Å². The Morgan fingerprint density at radius 3 is 2.23 bits per heavy atom. The number of carbonyl (C=O) groups excluding carboxylic acids is 2. The second kappa shape index (κ2) is 9.62. The van der Waals surface area contributed by atoms with E-state index in [1.54, 1.807) is 29.2 Å². The van der Waals surface area contributed by atoms with Crippen molar-refractivity contribution in [2.45, 2.75) is 18.8 Å². The van der Waals surface area contributed by atoms with E-state index in [0.29, 0.717) is 30.8 Å². The second-order valence-corrected chi connectivity index (χ2v) is 9.04. The zero-order chi connectivity index (χ0) is 24.4. The SMILES string of the molecule is O=C(O)CCC1CN(C(=O)c2cccc(NC(=O)OCC3c4ccccc4-c4ccccc43)c2)C1. The van der Waals surface area contributed by atoms with Gasteiger partial charge < -0.3 is 14.7 Å². The molecule has 0 saturated carbocycles. The summed E-state index contributed by atoms with van der Waals surface area (Å²) in [6, 6.07) is 23.1. The summed E-state index contributed by atoms with van der Waals surface area (Å²) in [7, 11) is 0. The Labute approximate surface area is 203 Å². The molecule has 7 nitrogen and oxygen atoms in total. The van der Waals surface area contributed by atoms with Crippen molar-refractivity contribution in [3.05, 3.63) is 89.5 Å². The van der Waals surface area contributed by atoms with Crippen molar-refractivity contribution in [1.29, 1.82) is 0 Å². The summed E-state index contributed by atoms with van der Waals surface area (Å²) >= 11 is 0. The Morgan fingerprint density at radius 2 is 1.57 bits per heavy atom. The highest BCUT2D eigenvalue weighted by Crippen LogP contribution is 2.44. The number of ether oxygens (including phenoxy) is 1. The second-order valence-electron chi connectivity index (χ2n) is 9.04. The minimum absolute atomic E-state index is 0.0263. The molecule has 1 heterocycles. The molecule has 178 valence electrons. The number of benzene rings is 3. The first kappa shape index (κ1) is 22.7. The van der Waals surface area contributed by atoms with Gasteiger partial charge in [0.25, 0.3) is 5.91 Å². The molecule has 0 atom stereocenters. The van der Waals surface area contributed by atoms with Crippen LogP contribution in [0.15, 0.2) is 72.8 Å². The first-order chi connectivity index (χ1) is 17.0. The molecular formula is C28H26N2O5. The standard InChI is InChI=1S/C28H26N2O5/c31-26(32)13-12-18-15-30(16-18)27(33)19-6-5-7-20(14-19)29-28(34)35-17-25-23-10-3-1-8-21(23)22-9-2-4-11-24(22)25/h1-11,14,18,25H,12-13,15-17H2,(H,29,34)(H,31,32). The van der Waals surface area contributed by atoms with E-state index in [0.717, 1.165) is 11.1 Å². The Morgan fingerprint density at radius 1 is 0.914 bits per heavy atom. The van der Waals surface area contributed by atoms with Gasteiger partial charge in [-0.1, -0.05) is 54.6 Å². The van der Waals surface area contributed by atoms with Crippen molar-refractivity contribution in [3.8, 4) is 11.1 Å². The van der Waals surface area contributed by atoms with E-state index in [2.05, 4.69) is 29.6 Å². The number of fused-ring (bicyclic) bond motifs is 3. The van der Waals surface area contributed by atoms with Crippen molar-refractivity contribution in [2.75, 3.05) is 25.0 Å². The quantitative estimate of drug-likeness (QED) is 0.508. The Balaban J connectivity index is 1.18. The molecule has 2 amide bonds. The fraction of sp³-hybridized carbons (Fsp3) is 0.250. The van der Waals surface area contributed by atoms with Gasteiger partial charge in [0.15, 0.2) is 0 Å². The molecule has 1 aliphatic carbocycles. The van der Waals surface area contributed by atoms with E-state index in [4.69, 9.17) is 9.84 Å². The summed E-state index contributed by atoms with van der Waals surface area (Å²) in [4.78, 5) is 37.7. The first-order valence-electron chi connectivity index (χ1n) is 11.7. The minimum Gasteiger partial charge on any atom is -0.481 e. The zero-order valence-electron chi connectivity index (χ0n) is 19.1. The summed E-state index contributed by atoms with van der Waals surface area (Å²) in [5.74, 6) is -0.756. The molecule has 0 aromatic heterocycles. The highest BCUT2D eigenvalue weighted by Gasteiger charge is 2.32. The molecule has 0 bridgehead atoms. The maximum atomic E-state index is 12.7. The molecular weight excluding hydrogens is 444 g/mol. The van der Waals surface area contributed by atoms with Crippen LogP contribution in [0.3, 0.4) is 0 Å².